The van der Waals surface area contributed by atoms with Gasteiger partial charge in [0, 0.05) is 24.6 Å². The summed E-state index contributed by atoms with van der Waals surface area (Å²) < 4.78 is 5.23. The molecule has 0 spiro atoms. The van der Waals surface area contributed by atoms with Crippen LogP contribution in [0.3, 0.4) is 0 Å². The molecule has 2 amide bonds. The molecule has 2 N–H and O–H groups in total. The summed E-state index contributed by atoms with van der Waals surface area (Å²) in [5.41, 5.74) is 1.58. The van der Waals surface area contributed by atoms with Crippen LogP contribution in [-0.2, 0) is 4.79 Å². The second kappa shape index (κ2) is 9.43. The zero-order valence-corrected chi connectivity index (χ0v) is 18.7. The molecule has 2 heterocycles. The number of piperidine rings is 1. The second-order valence-corrected chi connectivity index (χ2v) is 8.62. The lowest BCUT2D eigenvalue weighted by atomic mass is 9.90. The van der Waals surface area contributed by atoms with Crippen molar-refractivity contribution in [2.45, 2.75) is 18.9 Å². The minimum atomic E-state index is -0.498. The molecule has 172 valence electrons. The molecule has 0 bridgehead atoms. The van der Waals surface area contributed by atoms with E-state index >= 15 is 0 Å². The van der Waals surface area contributed by atoms with E-state index in [-0.39, 0.29) is 23.5 Å². The molecular formula is C28H26N2O4. The number of phenols is 1. The van der Waals surface area contributed by atoms with Crippen molar-refractivity contribution >= 4 is 22.6 Å². The van der Waals surface area contributed by atoms with E-state index in [4.69, 9.17) is 4.42 Å². The van der Waals surface area contributed by atoms with Crippen molar-refractivity contribution in [2.75, 3.05) is 13.1 Å². The van der Waals surface area contributed by atoms with Crippen LogP contribution in [0.4, 0.5) is 0 Å². The molecule has 5 rings (SSSR count). The number of amides is 2. The molecule has 0 aliphatic carbocycles. The maximum atomic E-state index is 13.4. The quantitative estimate of drug-likeness (QED) is 0.450. The standard InChI is InChI=1S/C28H26N2O4/c31-23-13-12-19-7-4-5-10-22(19)25(23)26(20-8-2-1-3-9-20)29-27(32)21-14-16-30(17-15-21)28(33)24-11-6-18-34-24/h1-13,18,21,26,31H,14-17H2,(H,29,32). The summed E-state index contributed by atoms with van der Waals surface area (Å²) in [6, 6.07) is 23.9. The number of benzene rings is 3. The summed E-state index contributed by atoms with van der Waals surface area (Å²) >= 11 is 0. The van der Waals surface area contributed by atoms with E-state index in [1.807, 2.05) is 60.7 Å². The van der Waals surface area contributed by atoms with Gasteiger partial charge in [0.25, 0.3) is 5.91 Å². The Morgan fingerprint density at radius 1 is 0.912 bits per heavy atom. The van der Waals surface area contributed by atoms with Gasteiger partial charge in [0.2, 0.25) is 5.91 Å². The van der Waals surface area contributed by atoms with Gasteiger partial charge in [-0.05, 0) is 47.4 Å². The average molecular weight is 455 g/mol. The molecule has 6 nitrogen and oxygen atoms in total. The molecule has 0 radical (unpaired) electrons. The lowest BCUT2D eigenvalue weighted by Gasteiger charge is -2.32. The first-order chi connectivity index (χ1) is 16.6. The van der Waals surface area contributed by atoms with E-state index in [1.54, 1.807) is 23.1 Å². The SMILES string of the molecule is O=C(NC(c1ccccc1)c1c(O)ccc2ccccc12)C1CCN(C(=O)c2ccco2)CC1. The fourth-order valence-electron chi connectivity index (χ4n) is 4.72. The Morgan fingerprint density at radius 3 is 2.38 bits per heavy atom. The van der Waals surface area contributed by atoms with Gasteiger partial charge in [0.05, 0.1) is 12.3 Å². The zero-order chi connectivity index (χ0) is 23.5. The van der Waals surface area contributed by atoms with Gasteiger partial charge in [-0.15, -0.1) is 0 Å². The third-order valence-corrected chi connectivity index (χ3v) is 6.54. The fourth-order valence-corrected chi connectivity index (χ4v) is 4.72. The van der Waals surface area contributed by atoms with Gasteiger partial charge in [-0.2, -0.15) is 0 Å². The monoisotopic (exact) mass is 454 g/mol. The van der Waals surface area contributed by atoms with Crippen molar-refractivity contribution in [3.63, 3.8) is 0 Å². The number of phenolic OH excluding ortho intramolecular Hbond substituents is 1. The molecule has 1 aromatic heterocycles. The predicted octanol–water partition coefficient (Wildman–Crippen LogP) is 4.90. The van der Waals surface area contributed by atoms with Crippen molar-refractivity contribution in [2.24, 2.45) is 5.92 Å². The van der Waals surface area contributed by atoms with Crippen molar-refractivity contribution in [1.82, 2.24) is 10.2 Å². The Labute approximate surface area is 197 Å². The summed E-state index contributed by atoms with van der Waals surface area (Å²) in [4.78, 5) is 27.7. The van der Waals surface area contributed by atoms with E-state index in [2.05, 4.69) is 5.32 Å². The zero-order valence-electron chi connectivity index (χ0n) is 18.7. The van der Waals surface area contributed by atoms with Crippen LogP contribution in [0.25, 0.3) is 10.8 Å². The number of nitrogens with zero attached hydrogens (tertiary/aromatic N) is 1. The third kappa shape index (κ3) is 4.27. The van der Waals surface area contributed by atoms with Crippen LogP contribution in [0.15, 0.2) is 89.5 Å². The number of carbonyl (C=O) groups is 2. The molecule has 1 unspecified atom stereocenters. The maximum absolute atomic E-state index is 13.4. The highest BCUT2D eigenvalue weighted by atomic mass is 16.3. The molecule has 4 aromatic rings. The van der Waals surface area contributed by atoms with Gasteiger partial charge in [-0.3, -0.25) is 9.59 Å². The first-order valence-corrected chi connectivity index (χ1v) is 11.5. The van der Waals surface area contributed by atoms with Crippen LogP contribution in [-0.4, -0.2) is 34.9 Å². The number of aromatic hydroxyl groups is 1. The minimum Gasteiger partial charge on any atom is -0.508 e. The summed E-state index contributed by atoms with van der Waals surface area (Å²) in [5, 5.41) is 15.9. The van der Waals surface area contributed by atoms with Crippen molar-refractivity contribution in [3.05, 3.63) is 102 Å². The summed E-state index contributed by atoms with van der Waals surface area (Å²) in [7, 11) is 0. The van der Waals surface area contributed by atoms with Crippen LogP contribution in [0, 0.1) is 5.92 Å². The topological polar surface area (TPSA) is 82.8 Å². The van der Waals surface area contributed by atoms with Gasteiger partial charge in [0.1, 0.15) is 5.75 Å². The third-order valence-electron chi connectivity index (χ3n) is 6.54. The number of fused-ring (bicyclic) bond motifs is 1. The Kier molecular flexibility index (Phi) is 6.04. The Morgan fingerprint density at radius 2 is 1.65 bits per heavy atom. The number of nitrogens with one attached hydrogen (secondary N) is 1. The molecule has 1 atom stereocenters. The number of hydrogen-bond acceptors (Lipinski definition) is 4. The largest absolute Gasteiger partial charge is 0.508 e. The average Bonchev–Trinajstić information content (AvgIpc) is 3.43. The Bertz CT molecular complexity index is 1290. The highest BCUT2D eigenvalue weighted by molar-refractivity contribution is 5.92. The first-order valence-electron chi connectivity index (χ1n) is 11.5. The summed E-state index contributed by atoms with van der Waals surface area (Å²) in [6.07, 6.45) is 2.63. The summed E-state index contributed by atoms with van der Waals surface area (Å²) in [5.74, 6) is 0.0205. The van der Waals surface area contributed by atoms with Crippen molar-refractivity contribution in [3.8, 4) is 5.75 Å². The van der Waals surface area contributed by atoms with Crippen molar-refractivity contribution < 1.29 is 19.1 Å². The van der Waals surface area contributed by atoms with Gasteiger partial charge in [-0.25, -0.2) is 0 Å². The lowest BCUT2D eigenvalue weighted by molar-refractivity contribution is -0.126. The van der Waals surface area contributed by atoms with Gasteiger partial charge < -0.3 is 19.7 Å². The molecule has 1 aliphatic rings. The molecule has 1 saturated heterocycles. The van der Waals surface area contributed by atoms with Gasteiger partial charge in [0.15, 0.2) is 5.76 Å². The number of hydrogen-bond donors (Lipinski definition) is 2. The smallest absolute Gasteiger partial charge is 0.289 e. The number of rotatable bonds is 5. The Balaban J connectivity index is 1.38. The fraction of sp³-hybridized carbons (Fsp3) is 0.214. The highest BCUT2D eigenvalue weighted by Gasteiger charge is 2.31. The minimum absolute atomic E-state index is 0.0775. The molecule has 6 heteroatoms. The molecule has 1 aliphatic heterocycles. The molecule has 0 saturated carbocycles. The number of likely N-dealkylation sites (tertiary alicyclic amines) is 1. The van der Waals surface area contributed by atoms with Crippen molar-refractivity contribution in [1.29, 1.82) is 0 Å². The number of furan rings is 1. The molecular weight excluding hydrogens is 428 g/mol. The highest BCUT2D eigenvalue weighted by Crippen LogP contribution is 2.36. The van der Waals surface area contributed by atoms with Crippen LogP contribution >= 0.6 is 0 Å². The molecule has 34 heavy (non-hydrogen) atoms. The maximum Gasteiger partial charge on any atom is 0.289 e. The van der Waals surface area contributed by atoms with Gasteiger partial charge in [-0.1, -0.05) is 60.7 Å². The predicted molar refractivity (Wildman–Crippen MR) is 129 cm³/mol. The van der Waals surface area contributed by atoms with E-state index in [9.17, 15) is 14.7 Å². The van der Waals surface area contributed by atoms with E-state index in [0.717, 1.165) is 16.3 Å². The Hall–Kier alpha value is -4.06. The van der Waals surface area contributed by atoms with Crippen LogP contribution in [0.2, 0.25) is 0 Å². The van der Waals surface area contributed by atoms with Gasteiger partial charge >= 0.3 is 0 Å². The first kappa shape index (κ1) is 21.8. The second-order valence-electron chi connectivity index (χ2n) is 8.62. The van der Waals surface area contributed by atoms with Crippen LogP contribution in [0.1, 0.15) is 40.6 Å². The van der Waals surface area contributed by atoms with Crippen LogP contribution < -0.4 is 5.32 Å². The normalized spacial score (nSPS) is 15.2. The van der Waals surface area contributed by atoms with E-state index < -0.39 is 6.04 Å². The number of carbonyl (C=O) groups excluding carboxylic acids is 2. The van der Waals surface area contributed by atoms with E-state index in [0.29, 0.717) is 37.3 Å². The lowest BCUT2D eigenvalue weighted by Crippen LogP contribution is -2.43. The molecule has 1 fully saturated rings. The van der Waals surface area contributed by atoms with Crippen LogP contribution in [0.5, 0.6) is 5.75 Å². The van der Waals surface area contributed by atoms with E-state index in [1.165, 1.54) is 6.26 Å². The summed E-state index contributed by atoms with van der Waals surface area (Å²) in [6.45, 7) is 0.986. The molecule has 3 aromatic carbocycles.